The molecular formula is C18H20N6O2. The van der Waals surface area contributed by atoms with Gasteiger partial charge in [-0.2, -0.15) is 0 Å². The predicted molar refractivity (Wildman–Crippen MR) is 98.3 cm³/mol. The summed E-state index contributed by atoms with van der Waals surface area (Å²) in [6.45, 7) is 3.53. The average Bonchev–Trinajstić information content (AvgIpc) is 3.15. The van der Waals surface area contributed by atoms with Gasteiger partial charge in [0.15, 0.2) is 0 Å². The lowest BCUT2D eigenvalue weighted by Gasteiger charge is -2.27. The first-order valence-electron chi connectivity index (χ1n) is 8.53. The van der Waals surface area contributed by atoms with E-state index in [-0.39, 0.29) is 6.03 Å². The van der Waals surface area contributed by atoms with E-state index >= 15 is 0 Å². The summed E-state index contributed by atoms with van der Waals surface area (Å²) in [5.74, 6) is 0.896. The number of nitrogens with zero attached hydrogens (tertiary/aromatic N) is 4. The van der Waals surface area contributed by atoms with Crippen LogP contribution in [0.25, 0.3) is 5.65 Å². The number of pyridine rings is 2. The monoisotopic (exact) mass is 352 g/mol. The van der Waals surface area contributed by atoms with Crippen LogP contribution >= 0.6 is 0 Å². The van der Waals surface area contributed by atoms with E-state index in [1.165, 1.54) is 0 Å². The van der Waals surface area contributed by atoms with Crippen LogP contribution in [0, 0.1) is 0 Å². The zero-order valence-electron chi connectivity index (χ0n) is 14.3. The first-order chi connectivity index (χ1) is 12.8. The summed E-state index contributed by atoms with van der Waals surface area (Å²) in [6, 6.07) is 7.39. The number of anilines is 2. The molecule has 0 aliphatic carbocycles. The van der Waals surface area contributed by atoms with Crippen molar-refractivity contribution in [1.29, 1.82) is 0 Å². The minimum atomic E-state index is -0.269. The first kappa shape index (κ1) is 16.3. The van der Waals surface area contributed by atoms with E-state index < -0.39 is 0 Å². The maximum atomic E-state index is 12.1. The van der Waals surface area contributed by atoms with Crippen molar-refractivity contribution in [2.75, 3.05) is 36.5 Å². The summed E-state index contributed by atoms with van der Waals surface area (Å²) < 4.78 is 7.26. The molecule has 1 aliphatic heterocycles. The third-order valence-corrected chi connectivity index (χ3v) is 4.26. The molecule has 8 heteroatoms. The van der Waals surface area contributed by atoms with Gasteiger partial charge in [-0.3, -0.25) is 0 Å². The normalized spacial score (nSPS) is 14.4. The Hall–Kier alpha value is -3.13. The van der Waals surface area contributed by atoms with Gasteiger partial charge in [-0.25, -0.2) is 14.8 Å². The van der Waals surface area contributed by atoms with Crippen LogP contribution in [-0.2, 0) is 11.3 Å². The molecule has 1 saturated heterocycles. The van der Waals surface area contributed by atoms with Gasteiger partial charge >= 0.3 is 6.03 Å². The number of carbonyl (C=O) groups excluding carboxylic acids is 1. The summed E-state index contributed by atoms with van der Waals surface area (Å²) in [7, 11) is 0. The summed E-state index contributed by atoms with van der Waals surface area (Å²) >= 11 is 0. The Morgan fingerprint density at radius 1 is 1.15 bits per heavy atom. The topological polar surface area (TPSA) is 83.8 Å². The maximum Gasteiger partial charge on any atom is 0.319 e. The molecule has 3 aromatic heterocycles. The zero-order valence-corrected chi connectivity index (χ0v) is 14.3. The van der Waals surface area contributed by atoms with Crippen LogP contribution in [0.2, 0.25) is 0 Å². The molecule has 26 heavy (non-hydrogen) atoms. The van der Waals surface area contributed by atoms with Gasteiger partial charge in [0.2, 0.25) is 0 Å². The van der Waals surface area contributed by atoms with Crippen LogP contribution in [0.5, 0.6) is 0 Å². The first-order valence-corrected chi connectivity index (χ1v) is 8.53. The van der Waals surface area contributed by atoms with Crippen LogP contribution in [-0.4, -0.2) is 46.7 Å². The third-order valence-electron chi connectivity index (χ3n) is 4.26. The van der Waals surface area contributed by atoms with E-state index in [1.807, 2.05) is 41.1 Å². The number of ether oxygens (including phenoxy) is 1. The second-order valence-electron chi connectivity index (χ2n) is 6.04. The minimum absolute atomic E-state index is 0.269. The fraction of sp³-hybridized carbons (Fsp3) is 0.278. The standard InChI is InChI=1S/C18H20N6O2/c25-18(21-12-14-3-5-23-6-4-19-17(23)11-14)22-15-1-2-16(20-13-15)24-7-9-26-10-8-24/h1-6,11,13H,7-10,12H2,(H2,21,22,25). The van der Waals surface area contributed by atoms with Crippen molar-refractivity contribution in [2.45, 2.75) is 6.54 Å². The Balaban J connectivity index is 1.31. The molecule has 3 aromatic rings. The van der Waals surface area contributed by atoms with E-state index in [4.69, 9.17) is 4.74 Å². The van der Waals surface area contributed by atoms with Crippen molar-refractivity contribution in [3.63, 3.8) is 0 Å². The van der Waals surface area contributed by atoms with Crippen molar-refractivity contribution < 1.29 is 9.53 Å². The molecule has 0 unspecified atom stereocenters. The van der Waals surface area contributed by atoms with Gasteiger partial charge < -0.3 is 24.7 Å². The molecule has 4 heterocycles. The number of fused-ring (bicyclic) bond motifs is 1. The van der Waals surface area contributed by atoms with Gasteiger partial charge in [-0.15, -0.1) is 0 Å². The summed E-state index contributed by atoms with van der Waals surface area (Å²) in [6.07, 6.45) is 7.21. The quantitative estimate of drug-likeness (QED) is 0.749. The molecule has 0 atom stereocenters. The van der Waals surface area contributed by atoms with Crippen LogP contribution in [0.1, 0.15) is 5.56 Å². The highest BCUT2D eigenvalue weighted by Crippen LogP contribution is 2.15. The van der Waals surface area contributed by atoms with Crippen molar-refractivity contribution in [1.82, 2.24) is 19.7 Å². The zero-order chi connectivity index (χ0) is 17.8. The average molecular weight is 352 g/mol. The lowest BCUT2D eigenvalue weighted by Crippen LogP contribution is -2.36. The number of rotatable bonds is 4. The highest BCUT2D eigenvalue weighted by atomic mass is 16.5. The number of imidazole rings is 1. The second-order valence-corrected chi connectivity index (χ2v) is 6.04. The van der Waals surface area contributed by atoms with Crippen molar-refractivity contribution in [3.05, 3.63) is 54.6 Å². The number of nitrogens with one attached hydrogen (secondary N) is 2. The minimum Gasteiger partial charge on any atom is -0.378 e. The van der Waals surface area contributed by atoms with E-state index in [2.05, 4.69) is 25.5 Å². The smallest absolute Gasteiger partial charge is 0.319 e. The maximum absolute atomic E-state index is 12.1. The second kappa shape index (κ2) is 7.40. The van der Waals surface area contributed by atoms with Crippen molar-refractivity contribution >= 4 is 23.2 Å². The fourth-order valence-electron chi connectivity index (χ4n) is 2.86. The van der Waals surface area contributed by atoms with Gasteiger partial charge in [-0.1, -0.05) is 0 Å². The van der Waals surface area contributed by atoms with Crippen LogP contribution in [0.15, 0.2) is 49.1 Å². The Morgan fingerprint density at radius 3 is 2.85 bits per heavy atom. The molecule has 0 bridgehead atoms. The number of carbonyl (C=O) groups is 1. The molecule has 1 aliphatic rings. The van der Waals surface area contributed by atoms with Gasteiger partial charge in [0.05, 0.1) is 25.1 Å². The lowest BCUT2D eigenvalue weighted by molar-refractivity contribution is 0.122. The molecule has 134 valence electrons. The molecular weight excluding hydrogens is 332 g/mol. The Bertz CT molecular complexity index is 886. The number of aromatic nitrogens is 3. The van der Waals surface area contributed by atoms with E-state index in [1.54, 1.807) is 12.4 Å². The molecule has 0 saturated carbocycles. The van der Waals surface area contributed by atoms with Crippen LogP contribution in [0.4, 0.5) is 16.3 Å². The molecule has 0 radical (unpaired) electrons. The predicted octanol–water partition coefficient (Wildman–Crippen LogP) is 1.89. The summed E-state index contributed by atoms with van der Waals surface area (Å²) in [4.78, 5) is 22.9. The van der Waals surface area contributed by atoms with Crippen molar-refractivity contribution in [2.24, 2.45) is 0 Å². The number of urea groups is 1. The van der Waals surface area contributed by atoms with Gasteiger partial charge in [0.25, 0.3) is 0 Å². The van der Waals surface area contributed by atoms with E-state index in [9.17, 15) is 4.79 Å². The Morgan fingerprint density at radius 2 is 2.04 bits per heavy atom. The van der Waals surface area contributed by atoms with E-state index in [0.717, 1.165) is 30.1 Å². The number of hydrogen-bond acceptors (Lipinski definition) is 5. The van der Waals surface area contributed by atoms with Crippen LogP contribution < -0.4 is 15.5 Å². The summed E-state index contributed by atoms with van der Waals surface area (Å²) in [5, 5.41) is 5.64. The van der Waals surface area contributed by atoms with Crippen molar-refractivity contribution in [3.8, 4) is 0 Å². The molecule has 1 fully saturated rings. The molecule has 2 amide bonds. The lowest BCUT2D eigenvalue weighted by atomic mass is 10.2. The highest BCUT2D eigenvalue weighted by Gasteiger charge is 2.12. The van der Waals surface area contributed by atoms with Gasteiger partial charge in [0.1, 0.15) is 11.5 Å². The number of amides is 2. The molecule has 0 aromatic carbocycles. The van der Waals surface area contributed by atoms with Gasteiger partial charge in [-0.05, 0) is 29.8 Å². The number of hydrogen-bond donors (Lipinski definition) is 2. The summed E-state index contributed by atoms with van der Waals surface area (Å²) in [5.41, 5.74) is 2.50. The molecule has 8 nitrogen and oxygen atoms in total. The van der Waals surface area contributed by atoms with Gasteiger partial charge in [0, 0.05) is 38.2 Å². The largest absolute Gasteiger partial charge is 0.378 e. The Labute approximate surface area is 150 Å². The number of morpholine rings is 1. The highest BCUT2D eigenvalue weighted by molar-refractivity contribution is 5.89. The Kier molecular flexibility index (Phi) is 4.65. The molecule has 4 rings (SSSR count). The van der Waals surface area contributed by atoms with Crippen LogP contribution in [0.3, 0.4) is 0 Å². The SMILES string of the molecule is O=C(NCc1ccn2ccnc2c1)Nc1ccc(N2CCOCC2)nc1. The van der Waals surface area contributed by atoms with E-state index in [0.29, 0.717) is 25.4 Å². The molecule has 0 spiro atoms. The molecule has 2 N–H and O–H groups in total. The third kappa shape index (κ3) is 3.75. The fourth-order valence-corrected chi connectivity index (χ4v) is 2.86.